The summed E-state index contributed by atoms with van der Waals surface area (Å²) in [5.41, 5.74) is 1.22. The summed E-state index contributed by atoms with van der Waals surface area (Å²) >= 11 is 3.28. The molecule has 2 aromatic carbocycles. The Morgan fingerprint density at radius 1 is 1.16 bits per heavy atom. The molecule has 2 rings (SSSR count). The molecule has 0 unspecified atom stereocenters. The number of methoxy groups -OCH3 is 1. The highest BCUT2D eigenvalue weighted by Gasteiger charge is 2.12. The van der Waals surface area contributed by atoms with Crippen LogP contribution in [-0.2, 0) is 16.0 Å². The number of halogens is 2. The second-order valence-corrected chi connectivity index (χ2v) is 6.01. The van der Waals surface area contributed by atoms with Gasteiger partial charge in [0.05, 0.1) is 17.1 Å². The number of rotatable bonds is 7. The van der Waals surface area contributed by atoms with Crippen LogP contribution in [0.1, 0.15) is 15.9 Å². The van der Waals surface area contributed by atoms with Crippen LogP contribution in [0, 0.1) is 5.82 Å². The maximum absolute atomic E-state index is 12.8. The third kappa shape index (κ3) is 5.86. The van der Waals surface area contributed by atoms with Gasteiger partial charge in [-0.05, 0) is 58.2 Å². The fourth-order valence-electron chi connectivity index (χ4n) is 2.06. The smallest absolute Gasteiger partial charge is 0.338 e. The van der Waals surface area contributed by atoms with Crippen LogP contribution in [0.5, 0.6) is 5.75 Å². The Morgan fingerprint density at radius 2 is 1.88 bits per heavy atom. The standard InChI is InChI=1S/C18H17BrFNO4/c1-24-16-7-4-13(10-15(16)19)18(23)25-11-17(22)21-9-8-12-2-5-14(20)6-3-12/h2-7,10H,8-9,11H2,1H3,(H,21,22). The predicted octanol–water partition coefficient (Wildman–Crippen LogP) is 3.11. The van der Waals surface area contributed by atoms with Crippen LogP contribution in [0.3, 0.4) is 0 Å². The zero-order valence-corrected chi connectivity index (χ0v) is 15.1. The van der Waals surface area contributed by atoms with Crippen molar-refractivity contribution < 1.29 is 23.5 Å². The van der Waals surface area contributed by atoms with Gasteiger partial charge in [-0.15, -0.1) is 0 Å². The van der Waals surface area contributed by atoms with Crippen molar-refractivity contribution in [3.63, 3.8) is 0 Å². The molecule has 0 atom stereocenters. The molecular formula is C18H17BrFNO4. The summed E-state index contributed by atoms with van der Waals surface area (Å²) in [4.78, 5) is 23.6. The minimum atomic E-state index is -0.600. The first kappa shape index (κ1) is 18.9. The van der Waals surface area contributed by atoms with Crippen molar-refractivity contribution in [2.45, 2.75) is 6.42 Å². The number of hydrogen-bond acceptors (Lipinski definition) is 4. The summed E-state index contributed by atoms with van der Waals surface area (Å²) in [5, 5.41) is 2.64. The second-order valence-electron chi connectivity index (χ2n) is 5.15. The molecule has 0 heterocycles. The van der Waals surface area contributed by atoms with Crippen molar-refractivity contribution in [3.8, 4) is 5.75 Å². The number of nitrogens with one attached hydrogen (secondary N) is 1. The van der Waals surface area contributed by atoms with Crippen LogP contribution < -0.4 is 10.1 Å². The van der Waals surface area contributed by atoms with Gasteiger partial charge in [-0.3, -0.25) is 4.79 Å². The maximum Gasteiger partial charge on any atom is 0.338 e. The molecule has 0 saturated heterocycles. The molecule has 0 bridgehead atoms. The van der Waals surface area contributed by atoms with Crippen molar-refractivity contribution in [1.29, 1.82) is 0 Å². The molecule has 5 nitrogen and oxygen atoms in total. The molecule has 25 heavy (non-hydrogen) atoms. The molecule has 0 spiro atoms. The van der Waals surface area contributed by atoms with Crippen LogP contribution >= 0.6 is 15.9 Å². The van der Waals surface area contributed by atoms with Gasteiger partial charge in [0.25, 0.3) is 5.91 Å². The number of amides is 1. The van der Waals surface area contributed by atoms with E-state index in [-0.39, 0.29) is 12.4 Å². The molecule has 0 saturated carbocycles. The average molecular weight is 410 g/mol. The molecule has 0 fully saturated rings. The summed E-state index contributed by atoms with van der Waals surface area (Å²) in [6.07, 6.45) is 0.561. The number of ether oxygens (including phenoxy) is 2. The lowest BCUT2D eigenvalue weighted by Crippen LogP contribution is -2.30. The van der Waals surface area contributed by atoms with E-state index in [0.717, 1.165) is 5.56 Å². The average Bonchev–Trinajstić information content (AvgIpc) is 2.61. The van der Waals surface area contributed by atoms with E-state index >= 15 is 0 Å². The number of benzene rings is 2. The Hall–Kier alpha value is -2.41. The first-order valence-corrected chi connectivity index (χ1v) is 8.30. The van der Waals surface area contributed by atoms with Crippen LogP contribution in [-0.4, -0.2) is 32.1 Å². The monoisotopic (exact) mass is 409 g/mol. The Bertz CT molecular complexity index is 749. The minimum absolute atomic E-state index is 0.301. The molecule has 1 amide bonds. The fourth-order valence-corrected chi connectivity index (χ4v) is 2.60. The third-order valence-corrected chi connectivity index (χ3v) is 3.99. The minimum Gasteiger partial charge on any atom is -0.496 e. The van der Waals surface area contributed by atoms with Gasteiger partial charge in [-0.25, -0.2) is 9.18 Å². The van der Waals surface area contributed by atoms with Crippen LogP contribution in [0.2, 0.25) is 0 Å². The first-order chi connectivity index (χ1) is 12.0. The normalized spacial score (nSPS) is 10.2. The molecule has 2 aromatic rings. The van der Waals surface area contributed by atoms with E-state index < -0.39 is 11.9 Å². The maximum atomic E-state index is 12.8. The summed E-state index contributed by atoms with van der Waals surface area (Å²) < 4.78 is 23.5. The zero-order chi connectivity index (χ0) is 18.2. The number of hydrogen-bond donors (Lipinski definition) is 1. The van der Waals surface area contributed by atoms with Gasteiger partial charge < -0.3 is 14.8 Å². The van der Waals surface area contributed by atoms with Gasteiger partial charge in [-0.2, -0.15) is 0 Å². The van der Waals surface area contributed by atoms with E-state index in [2.05, 4.69) is 21.2 Å². The SMILES string of the molecule is COc1ccc(C(=O)OCC(=O)NCCc2ccc(F)cc2)cc1Br. The van der Waals surface area contributed by atoms with E-state index in [1.165, 1.54) is 19.2 Å². The number of carbonyl (C=O) groups excluding carboxylic acids is 2. The topological polar surface area (TPSA) is 64.6 Å². The van der Waals surface area contributed by atoms with Gasteiger partial charge in [0.15, 0.2) is 6.61 Å². The largest absolute Gasteiger partial charge is 0.496 e. The highest BCUT2D eigenvalue weighted by molar-refractivity contribution is 9.10. The molecule has 7 heteroatoms. The van der Waals surface area contributed by atoms with Crippen molar-refractivity contribution in [2.24, 2.45) is 0 Å². The Balaban J connectivity index is 1.74. The first-order valence-electron chi connectivity index (χ1n) is 7.51. The Morgan fingerprint density at radius 3 is 2.52 bits per heavy atom. The van der Waals surface area contributed by atoms with Crippen molar-refractivity contribution >= 4 is 27.8 Å². The van der Waals surface area contributed by atoms with Crippen molar-refractivity contribution in [3.05, 3.63) is 63.9 Å². The second kappa shape index (κ2) is 9.17. The molecular weight excluding hydrogens is 393 g/mol. The van der Waals surface area contributed by atoms with Crippen LogP contribution in [0.4, 0.5) is 4.39 Å². The summed E-state index contributed by atoms with van der Waals surface area (Å²) in [7, 11) is 1.52. The van der Waals surface area contributed by atoms with Crippen LogP contribution in [0.15, 0.2) is 46.9 Å². The molecule has 0 aromatic heterocycles. The molecule has 132 valence electrons. The van der Waals surface area contributed by atoms with Gasteiger partial charge >= 0.3 is 5.97 Å². The summed E-state index contributed by atoms with van der Waals surface area (Å²) in [6.45, 7) is 0.00198. The Labute approximate surface area is 153 Å². The van der Waals surface area contributed by atoms with E-state index in [0.29, 0.717) is 28.8 Å². The van der Waals surface area contributed by atoms with Crippen molar-refractivity contribution in [2.75, 3.05) is 20.3 Å². The van der Waals surface area contributed by atoms with Crippen LogP contribution in [0.25, 0.3) is 0 Å². The third-order valence-electron chi connectivity index (χ3n) is 3.37. The van der Waals surface area contributed by atoms with E-state index in [4.69, 9.17) is 9.47 Å². The number of carbonyl (C=O) groups is 2. The van der Waals surface area contributed by atoms with Gasteiger partial charge in [0.1, 0.15) is 11.6 Å². The highest BCUT2D eigenvalue weighted by atomic mass is 79.9. The summed E-state index contributed by atoms with van der Waals surface area (Å²) in [5.74, 6) is -0.708. The van der Waals surface area contributed by atoms with Crippen molar-refractivity contribution in [1.82, 2.24) is 5.32 Å². The van der Waals surface area contributed by atoms with E-state index in [1.54, 1.807) is 30.3 Å². The molecule has 0 radical (unpaired) electrons. The Kier molecular flexibility index (Phi) is 6.94. The summed E-state index contributed by atoms with van der Waals surface area (Å²) in [6, 6.07) is 10.8. The molecule has 0 aliphatic carbocycles. The van der Waals surface area contributed by atoms with E-state index in [1.807, 2.05) is 0 Å². The molecule has 1 N–H and O–H groups in total. The quantitative estimate of drug-likeness (QED) is 0.713. The van der Waals surface area contributed by atoms with Gasteiger partial charge in [-0.1, -0.05) is 12.1 Å². The van der Waals surface area contributed by atoms with E-state index in [9.17, 15) is 14.0 Å². The molecule has 0 aliphatic rings. The lowest BCUT2D eigenvalue weighted by molar-refractivity contribution is -0.124. The highest BCUT2D eigenvalue weighted by Crippen LogP contribution is 2.25. The zero-order valence-electron chi connectivity index (χ0n) is 13.6. The lowest BCUT2D eigenvalue weighted by atomic mass is 10.1. The lowest BCUT2D eigenvalue weighted by Gasteiger charge is -2.08. The number of esters is 1. The predicted molar refractivity (Wildman–Crippen MR) is 94.1 cm³/mol. The fraction of sp³-hybridized carbons (Fsp3) is 0.222. The van der Waals surface area contributed by atoms with Gasteiger partial charge in [0.2, 0.25) is 0 Å². The molecule has 0 aliphatic heterocycles. The van der Waals surface area contributed by atoms with Gasteiger partial charge in [0, 0.05) is 6.54 Å².